The second kappa shape index (κ2) is 4.46. The number of amides is 1. The van der Waals surface area contributed by atoms with Gasteiger partial charge in [0.2, 0.25) is 0 Å². The number of nitrogens with one attached hydrogen (secondary N) is 2. The van der Waals surface area contributed by atoms with E-state index in [1.165, 1.54) is 11.3 Å². The van der Waals surface area contributed by atoms with E-state index in [4.69, 9.17) is 0 Å². The van der Waals surface area contributed by atoms with Crippen molar-refractivity contribution in [1.82, 2.24) is 9.97 Å². The zero-order valence-electron chi connectivity index (χ0n) is 7.25. The summed E-state index contributed by atoms with van der Waals surface area (Å²) in [6, 6.07) is 1.70. The molecule has 0 aliphatic carbocycles. The third-order valence-corrected chi connectivity index (χ3v) is 4.09. The van der Waals surface area contributed by atoms with Crippen LogP contribution in [0.4, 0.5) is 5.13 Å². The third-order valence-electron chi connectivity index (χ3n) is 1.62. The van der Waals surface area contributed by atoms with Crippen LogP contribution < -0.4 is 5.32 Å². The monoisotopic (exact) mass is 349 g/mol. The predicted octanol–water partition coefficient (Wildman–Crippen LogP) is 3.25. The fraction of sp³-hybridized carbons (Fsp3) is 0. The van der Waals surface area contributed by atoms with Crippen molar-refractivity contribution in [2.45, 2.75) is 0 Å². The van der Waals surface area contributed by atoms with Gasteiger partial charge >= 0.3 is 0 Å². The Balaban J connectivity index is 2.15. The molecule has 78 valence electrons. The summed E-state index contributed by atoms with van der Waals surface area (Å²) in [6.07, 6.45) is 1.64. The van der Waals surface area contributed by atoms with Gasteiger partial charge in [-0.25, -0.2) is 4.98 Å². The van der Waals surface area contributed by atoms with Gasteiger partial charge in [0.15, 0.2) is 5.13 Å². The van der Waals surface area contributed by atoms with Gasteiger partial charge in [-0.15, -0.1) is 11.3 Å². The summed E-state index contributed by atoms with van der Waals surface area (Å²) in [5, 5.41) is 5.06. The number of H-pyrrole nitrogens is 1. The highest BCUT2D eigenvalue weighted by molar-refractivity contribution is 9.13. The van der Waals surface area contributed by atoms with E-state index in [1.807, 2.05) is 0 Å². The van der Waals surface area contributed by atoms with Crippen LogP contribution in [0.3, 0.4) is 0 Å². The van der Waals surface area contributed by atoms with Gasteiger partial charge in [0, 0.05) is 11.6 Å². The molecule has 0 bridgehead atoms. The molecule has 0 aliphatic heterocycles. The second-order valence-corrected chi connectivity index (χ2v) is 5.18. The largest absolute Gasteiger partial charge is 0.344 e. The Labute approximate surface area is 106 Å². The van der Waals surface area contributed by atoms with Crippen LogP contribution in [0, 0.1) is 0 Å². The van der Waals surface area contributed by atoms with Gasteiger partial charge in [-0.2, -0.15) is 0 Å². The molecular weight excluding hydrogens is 346 g/mol. The number of nitrogens with zero attached hydrogens (tertiary/aromatic N) is 1. The van der Waals surface area contributed by atoms with Crippen LogP contribution in [-0.2, 0) is 0 Å². The molecule has 0 aromatic carbocycles. The van der Waals surface area contributed by atoms with Crippen molar-refractivity contribution in [1.29, 1.82) is 0 Å². The van der Waals surface area contributed by atoms with Crippen LogP contribution in [-0.4, -0.2) is 15.9 Å². The van der Waals surface area contributed by atoms with Crippen LogP contribution in [0.25, 0.3) is 0 Å². The van der Waals surface area contributed by atoms with Crippen molar-refractivity contribution in [2.24, 2.45) is 0 Å². The van der Waals surface area contributed by atoms with Gasteiger partial charge in [-0.05, 0) is 37.9 Å². The summed E-state index contributed by atoms with van der Waals surface area (Å²) in [5.74, 6) is -0.212. The van der Waals surface area contributed by atoms with Gasteiger partial charge in [0.25, 0.3) is 5.91 Å². The predicted molar refractivity (Wildman–Crippen MR) is 66.3 cm³/mol. The summed E-state index contributed by atoms with van der Waals surface area (Å²) < 4.78 is 1.55. The Morgan fingerprint density at radius 2 is 2.33 bits per heavy atom. The first-order valence-corrected chi connectivity index (χ1v) is 6.38. The van der Waals surface area contributed by atoms with Gasteiger partial charge in [0.1, 0.15) is 5.69 Å². The van der Waals surface area contributed by atoms with Crippen molar-refractivity contribution >= 4 is 54.2 Å². The van der Waals surface area contributed by atoms with Crippen LogP contribution in [0.15, 0.2) is 26.7 Å². The molecule has 2 rings (SSSR count). The van der Waals surface area contributed by atoms with Gasteiger partial charge < -0.3 is 4.98 Å². The van der Waals surface area contributed by atoms with Crippen molar-refractivity contribution < 1.29 is 4.79 Å². The topological polar surface area (TPSA) is 57.8 Å². The summed E-state index contributed by atoms with van der Waals surface area (Å²) in [6.45, 7) is 0. The lowest BCUT2D eigenvalue weighted by Crippen LogP contribution is -2.11. The molecule has 2 heterocycles. The van der Waals surface area contributed by atoms with Crippen LogP contribution >= 0.6 is 43.2 Å². The first-order chi connectivity index (χ1) is 7.16. The molecule has 0 unspecified atom stereocenters. The van der Waals surface area contributed by atoms with E-state index in [1.54, 1.807) is 17.6 Å². The van der Waals surface area contributed by atoms with E-state index in [9.17, 15) is 4.79 Å². The molecule has 2 aromatic rings. The van der Waals surface area contributed by atoms with Crippen LogP contribution in [0.1, 0.15) is 10.5 Å². The number of carbonyl (C=O) groups excluding carboxylic acids is 1. The maximum Gasteiger partial charge on any atom is 0.273 e. The molecule has 0 saturated carbocycles. The average Bonchev–Trinajstić information content (AvgIpc) is 2.78. The van der Waals surface area contributed by atoms with Crippen molar-refractivity contribution in [3.05, 3.63) is 32.4 Å². The quantitative estimate of drug-likeness (QED) is 0.873. The standard InChI is InChI=1S/C8H5Br2N3OS/c9-4-3-5(12-6(4)10)7(14)13-8-11-1-2-15-8/h1-3,12H,(H,11,13,14). The number of hydrogen-bond donors (Lipinski definition) is 2. The molecule has 0 radical (unpaired) electrons. The maximum absolute atomic E-state index is 11.7. The van der Waals surface area contributed by atoms with Gasteiger partial charge in [-0.3, -0.25) is 10.1 Å². The van der Waals surface area contributed by atoms with Crippen LogP contribution in [0.5, 0.6) is 0 Å². The molecule has 0 saturated heterocycles. The molecule has 0 spiro atoms. The van der Waals surface area contributed by atoms with Gasteiger partial charge in [-0.1, -0.05) is 0 Å². The van der Waals surface area contributed by atoms with E-state index >= 15 is 0 Å². The molecule has 0 fully saturated rings. The van der Waals surface area contributed by atoms with E-state index in [0.717, 1.165) is 9.08 Å². The Bertz CT molecular complexity index is 461. The first-order valence-electron chi connectivity index (χ1n) is 3.91. The minimum atomic E-state index is -0.212. The molecular formula is C8H5Br2N3OS. The average molecular weight is 351 g/mol. The van der Waals surface area contributed by atoms with E-state index < -0.39 is 0 Å². The molecule has 4 nitrogen and oxygen atoms in total. The fourth-order valence-electron chi connectivity index (χ4n) is 0.976. The highest BCUT2D eigenvalue weighted by Gasteiger charge is 2.11. The SMILES string of the molecule is O=C(Nc1nccs1)c1cc(Br)c(Br)[nH]1. The smallest absolute Gasteiger partial charge is 0.273 e. The number of rotatable bonds is 2. The summed E-state index contributed by atoms with van der Waals surface area (Å²) in [7, 11) is 0. The normalized spacial score (nSPS) is 10.3. The molecule has 1 amide bonds. The lowest BCUT2D eigenvalue weighted by atomic mass is 10.4. The maximum atomic E-state index is 11.7. The first kappa shape index (κ1) is 10.8. The van der Waals surface area contributed by atoms with E-state index in [0.29, 0.717) is 10.8 Å². The number of halogens is 2. The highest BCUT2D eigenvalue weighted by atomic mass is 79.9. The molecule has 0 atom stereocenters. The number of hydrogen-bond acceptors (Lipinski definition) is 3. The van der Waals surface area contributed by atoms with Gasteiger partial charge in [0.05, 0.1) is 9.08 Å². The number of aromatic amines is 1. The van der Waals surface area contributed by atoms with Crippen LogP contribution in [0.2, 0.25) is 0 Å². The number of carbonyl (C=O) groups is 1. The zero-order valence-corrected chi connectivity index (χ0v) is 11.2. The van der Waals surface area contributed by atoms with Crippen molar-refractivity contribution in [3.8, 4) is 0 Å². The fourth-order valence-corrected chi connectivity index (χ4v) is 2.16. The lowest BCUT2D eigenvalue weighted by molar-refractivity contribution is 0.102. The van der Waals surface area contributed by atoms with Crippen molar-refractivity contribution in [2.75, 3.05) is 5.32 Å². The molecule has 2 N–H and O–H groups in total. The lowest BCUT2D eigenvalue weighted by Gasteiger charge is -1.97. The minimum absolute atomic E-state index is 0.212. The minimum Gasteiger partial charge on any atom is -0.344 e. The number of anilines is 1. The number of aromatic nitrogens is 2. The Morgan fingerprint density at radius 3 is 2.87 bits per heavy atom. The Hall–Kier alpha value is -0.660. The molecule has 7 heteroatoms. The van der Waals surface area contributed by atoms with E-state index in [2.05, 4.69) is 47.1 Å². The second-order valence-electron chi connectivity index (χ2n) is 2.64. The highest BCUT2D eigenvalue weighted by Crippen LogP contribution is 2.23. The molecule has 15 heavy (non-hydrogen) atoms. The number of thiazole rings is 1. The Morgan fingerprint density at radius 1 is 1.53 bits per heavy atom. The van der Waals surface area contributed by atoms with E-state index in [-0.39, 0.29) is 5.91 Å². The zero-order chi connectivity index (χ0) is 10.8. The summed E-state index contributed by atoms with van der Waals surface area (Å²) in [4.78, 5) is 18.5. The summed E-state index contributed by atoms with van der Waals surface area (Å²) >= 11 is 7.93. The molecule has 2 aromatic heterocycles. The third kappa shape index (κ3) is 2.47. The molecule has 0 aliphatic rings. The Kier molecular flexibility index (Phi) is 3.22. The van der Waals surface area contributed by atoms with Crippen molar-refractivity contribution in [3.63, 3.8) is 0 Å². The summed E-state index contributed by atoms with van der Waals surface area (Å²) in [5.41, 5.74) is 0.476.